The van der Waals surface area contributed by atoms with Crippen LogP contribution in [0.4, 0.5) is 0 Å². The summed E-state index contributed by atoms with van der Waals surface area (Å²) in [7, 11) is 1.46. The van der Waals surface area contributed by atoms with Gasteiger partial charge in [-0.05, 0) is 24.3 Å². The van der Waals surface area contributed by atoms with Gasteiger partial charge in [0.05, 0.1) is 13.2 Å². The van der Waals surface area contributed by atoms with Crippen molar-refractivity contribution in [2.45, 2.75) is 50.8 Å². The molecule has 2 heterocycles. The van der Waals surface area contributed by atoms with Crippen LogP contribution in [-0.2, 0) is 20.8 Å². The van der Waals surface area contributed by atoms with Crippen LogP contribution in [-0.4, -0.2) is 31.3 Å². The second-order valence-electron chi connectivity index (χ2n) is 5.24. The number of hydrogen-bond acceptors (Lipinski definition) is 5. The van der Waals surface area contributed by atoms with Crippen LogP contribution in [0.3, 0.4) is 0 Å². The predicted octanol–water partition coefficient (Wildman–Crippen LogP) is 2.73. The molecule has 0 spiro atoms. The molecular weight excluding hydrogens is 274 g/mol. The number of nitrogens with one attached hydrogen (secondary N) is 1. The average Bonchev–Trinajstić information content (AvgIpc) is 2.98. The van der Waals surface area contributed by atoms with Crippen LogP contribution in [0.25, 0.3) is 0 Å². The minimum absolute atomic E-state index is 0.142. The third-order valence-electron chi connectivity index (χ3n) is 3.83. The Kier molecular flexibility index (Phi) is 5.57. The molecule has 1 fully saturated rings. The Morgan fingerprint density at radius 2 is 2.50 bits per heavy atom. The van der Waals surface area contributed by atoms with Crippen LogP contribution in [0.15, 0.2) is 17.5 Å². The van der Waals surface area contributed by atoms with Gasteiger partial charge in [-0.2, -0.15) is 0 Å². The van der Waals surface area contributed by atoms with Crippen molar-refractivity contribution in [1.82, 2.24) is 5.32 Å². The Bertz CT molecular complexity index is 419. The van der Waals surface area contributed by atoms with Crippen LogP contribution in [0, 0.1) is 0 Å². The minimum Gasteiger partial charge on any atom is -0.468 e. The number of ether oxygens (including phenoxy) is 2. The molecule has 20 heavy (non-hydrogen) atoms. The second-order valence-corrected chi connectivity index (χ2v) is 6.27. The number of methoxy groups -OCH3 is 1. The zero-order valence-electron chi connectivity index (χ0n) is 12.2. The quantitative estimate of drug-likeness (QED) is 0.820. The summed E-state index contributed by atoms with van der Waals surface area (Å²) in [5, 5.41) is 5.48. The van der Waals surface area contributed by atoms with Gasteiger partial charge in [0, 0.05) is 24.4 Å². The fourth-order valence-electron chi connectivity index (χ4n) is 2.74. The van der Waals surface area contributed by atoms with Crippen LogP contribution < -0.4 is 5.32 Å². The molecule has 4 nitrogen and oxygen atoms in total. The highest BCUT2D eigenvalue weighted by Gasteiger charge is 2.43. The van der Waals surface area contributed by atoms with E-state index in [0.29, 0.717) is 26.0 Å². The fraction of sp³-hybridized carbons (Fsp3) is 0.667. The molecule has 2 rings (SSSR count). The Hall–Kier alpha value is -0.910. The maximum absolute atomic E-state index is 12.3. The summed E-state index contributed by atoms with van der Waals surface area (Å²) in [6.45, 7) is 3.44. The molecule has 0 aromatic carbocycles. The van der Waals surface area contributed by atoms with E-state index in [-0.39, 0.29) is 12.1 Å². The zero-order chi connectivity index (χ0) is 14.4. The van der Waals surface area contributed by atoms with Crippen LogP contribution in [0.5, 0.6) is 0 Å². The molecule has 1 aliphatic heterocycles. The first-order valence-electron chi connectivity index (χ1n) is 7.17. The molecule has 1 N–H and O–H groups in total. The molecule has 0 bridgehead atoms. The van der Waals surface area contributed by atoms with Gasteiger partial charge in [0.1, 0.15) is 5.54 Å². The van der Waals surface area contributed by atoms with Crippen molar-refractivity contribution >= 4 is 17.3 Å². The molecule has 0 saturated carbocycles. The van der Waals surface area contributed by atoms with E-state index in [1.807, 2.05) is 11.4 Å². The van der Waals surface area contributed by atoms with Crippen molar-refractivity contribution in [3.8, 4) is 0 Å². The number of carbonyl (C=O) groups is 1. The van der Waals surface area contributed by atoms with Gasteiger partial charge >= 0.3 is 5.97 Å². The van der Waals surface area contributed by atoms with Crippen molar-refractivity contribution < 1.29 is 14.3 Å². The topological polar surface area (TPSA) is 47.6 Å². The molecule has 112 valence electrons. The highest BCUT2D eigenvalue weighted by Crippen LogP contribution is 2.29. The van der Waals surface area contributed by atoms with Crippen LogP contribution in [0.2, 0.25) is 0 Å². The number of carbonyl (C=O) groups excluding carboxylic acids is 1. The molecule has 1 aromatic heterocycles. The Balaban J connectivity index is 2.06. The van der Waals surface area contributed by atoms with Crippen LogP contribution >= 0.6 is 11.3 Å². The molecular formula is C15H23NO3S. The lowest BCUT2D eigenvalue weighted by Crippen LogP contribution is -2.57. The summed E-state index contributed by atoms with van der Waals surface area (Å²) >= 11 is 1.69. The predicted molar refractivity (Wildman–Crippen MR) is 79.8 cm³/mol. The third kappa shape index (κ3) is 3.59. The van der Waals surface area contributed by atoms with Crippen molar-refractivity contribution in [2.75, 3.05) is 13.7 Å². The normalized spacial score (nSPS) is 26.4. The van der Waals surface area contributed by atoms with E-state index < -0.39 is 5.54 Å². The molecule has 0 amide bonds. The maximum atomic E-state index is 12.3. The van der Waals surface area contributed by atoms with Gasteiger partial charge in [0.2, 0.25) is 0 Å². The van der Waals surface area contributed by atoms with Gasteiger partial charge in [0.15, 0.2) is 0 Å². The summed E-state index contributed by atoms with van der Waals surface area (Å²) in [5.41, 5.74) is -0.600. The molecule has 5 heteroatoms. The average molecular weight is 297 g/mol. The highest BCUT2D eigenvalue weighted by atomic mass is 32.1. The number of esters is 1. The first kappa shape index (κ1) is 15.5. The van der Waals surface area contributed by atoms with Crippen molar-refractivity contribution in [2.24, 2.45) is 0 Å². The van der Waals surface area contributed by atoms with E-state index in [2.05, 4.69) is 18.3 Å². The minimum atomic E-state index is -0.600. The smallest absolute Gasteiger partial charge is 0.326 e. The molecule has 0 aliphatic carbocycles. The van der Waals surface area contributed by atoms with Gasteiger partial charge in [-0.1, -0.05) is 19.4 Å². The SMILES string of the molecule is CCCC1CC(NCc2cccs2)(C(=O)OC)CCO1. The second kappa shape index (κ2) is 7.20. The van der Waals surface area contributed by atoms with E-state index in [9.17, 15) is 4.79 Å². The lowest BCUT2D eigenvalue weighted by Gasteiger charge is -2.39. The summed E-state index contributed by atoms with van der Waals surface area (Å²) in [4.78, 5) is 13.5. The van der Waals surface area contributed by atoms with Crippen molar-refractivity contribution in [3.05, 3.63) is 22.4 Å². The van der Waals surface area contributed by atoms with E-state index in [4.69, 9.17) is 9.47 Å². The summed E-state index contributed by atoms with van der Waals surface area (Å²) in [6.07, 6.45) is 3.56. The Morgan fingerprint density at radius 3 is 3.15 bits per heavy atom. The fourth-order valence-corrected chi connectivity index (χ4v) is 3.38. The summed E-state index contributed by atoms with van der Waals surface area (Å²) < 4.78 is 10.8. The van der Waals surface area contributed by atoms with Gasteiger partial charge in [0.25, 0.3) is 0 Å². The van der Waals surface area contributed by atoms with Gasteiger partial charge in [-0.15, -0.1) is 11.3 Å². The lowest BCUT2D eigenvalue weighted by atomic mass is 9.85. The first-order valence-corrected chi connectivity index (χ1v) is 8.05. The maximum Gasteiger partial charge on any atom is 0.326 e. The Morgan fingerprint density at radius 1 is 1.65 bits per heavy atom. The monoisotopic (exact) mass is 297 g/mol. The number of hydrogen-bond donors (Lipinski definition) is 1. The molecule has 1 aromatic rings. The lowest BCUT2D eigenvalue weighted by molar-refractivity contribution is -0.156. The van der Waals surface area contributed by atoms with E-state index in [1.54, 1.807) is 11.3 Å². The number of thiophene rings is 1. The van der Waals surface area contributed by atoms with Gasteiger partial charge in [-0.3, -0.25) is 10.1 Å². The van der Waals surface area contributed by atoms with Gasteiger partial charge in [-0.25, -0.2) is 0 Å². The van der Waals surface area contributed by atoms with Crippen LogP contribution in [0.1, 0.15) is 37.5 Å². The molecule has 1 aliphatic rings. The standard InChI is InChI=1S/C15H23NO3S/c1-3-5-12-10-15(7-8-19-12,14(17)18-2)16-11-13-6-4-9-20-13/h4,6,9,12,16H,3,5,7-8,10-11H2,1-2H3. The van der Waals surface area contributed by atoms with Crippen molar-refractivity contribution in [1.29, 1.82) is 0 Å². The molecule has 1 saturated heterocycles. The summed E-state index contributed by atoms with van der Waals surface area (Å²) in [6, 6.07) is 4.10. The van der Waals surface area contributed by atoms with Crippen molar-refractivity contribution in [3.63, 3.8) is 0 Å². The third-order valence-corrected chi connectivity index (χ3v) is 4.70. The van der Waals surface area contributed by atoms with E-state index in [1.165, 1.54) is 12.0 Å². The van der Waals surface area contributed by atoms with E-state index in [0.717, 1.165) is 12.8 Å². The van der Waals surface area contributed by atoms with Gasteiger partial charge < -0.3 is 9.47 Å². The highest BCUT2D eigenvalue weighted by molar-refractivity contribution is 7.09. The molecule has 0 radical (unpaired) electrons. The summed E-state index contributed by atoms with van der Waals surface area (Å²) in [5.74, 6) is -0.168. The zero-order valence-corrected chi connectivity index (χ0v) is 13.0. The molecule has 2 atom stereocenters. The first-order chi connectivity index (χ1) is 9.70. The number of rotatable bonds is 6. The Labute approximate surface area is 124 Å². The largest absolute Gasteiger partial charge is 0.468 e. The van der Waals surface area contributed by atoms with E-state index >= 15 is 0 Å². The molecule has 2 unspecified atom stereocenters.